The standard InChI is InChI=1S/C21H15N5OS/c22-12-13-8-10-14(11-9-13)20(27)24-19-15-4-3-6-16(15)25-26(19)21-23-17-5-1-2-7-18(17)28-21/h1-2,5,7-11H,3-4,6H2,(H,24,27). The van der Waals surface area contributed by atoms with E-state index >= 15 is 0 Å². The molecule has 2 aromatic carbocycles. The number of hydrogen-bond acceptors (Lipinski definition) is 5. The van der Waals surface area contributed by atoms with Gasteiger partial charge in [-0.3, -0.25) is 4.79 Å². The van der Waals surface area contributed by atoms with Crippen LogP contribution in [0.1, 0.15) is 33.6 Å². The van der Waals surface area contributed by atoms with Crippen LogP contribution in [0, 0.1) is 11.3 Å². The minimum atomic E-state index is -0.221. The van der Waals surface area contributed by atoms with E-state index < -0.39 is 0 Å². The van der Waals surface area contributed by atoms with Crippen molar-refractivity contribution in [1.29, 1.82) is 5.26 Å². The van der Waals surface area contributed by atoms with Gasteiger partial charge in [0, 0.05) is 11.1 Å². The number of aromatic nitrogens is 3. The molecular formula is C21H15N5OS. The lowest BCUT2D eigenvalue weighted by Crippen LogP contribution is -2.16. The van der Waals surface area contributed by atoms with E-state index in [1.807, 2.05) is 24.3 Å². The van der Waals surface area contributed by atoms with Crippen LogP contribution < -0.4 is 5.32 Å². The van der Waals surface area contributed by atoms with Crippen molar-refractivity contribution in [3.63, 3.8) is 0 Å². The number of aryl methyl sites for hydroxylation is 1. The highest BCUT2D eigenvalue weighted by Gasteiger charge is 2.25. The summed E-state index contributed by atoms with van der Waals surface area (Å²) in [5.74, 6) is 0.474. The van der Waals surface area contributed by atoms with Crippen molar-refractivity contribution in [2.45, 2.75) is 19.3 Å². The molecule has 2 aromatic heterocycles. The highest BCUT2D eigenvalue weighted by molar-refractivity contribution is 7.20. The first-order chi connectivity index (χ1) is 13.7. The van der Waals surface area contributed by atoms with Crippen molar-refractivity contribution in [3.05, 3.63) is 70.9 Å². The highest BCUT2D eigenvalue weighted by atomic mass is 32.1. The molecule has 0 radical (unpaired) electrons. The summed E-state index contributed by atoms with van der Waals surface area (Å²) in [6, 6.07) is 16.6. The van der Waals surface area contributed by atoms with Crippen molar-refractivity contribution < 1.29 is 4.79 Å². The van der Waals surface area contributed by atoms with Crippen LogP contribution in [0.2, 0.25) is 0 Å². The van der Waals surface area contributed by atoms with Crippen molar-refractivity contribution in [3.8, 4) is 11.2 Å². The van der Waals surface area contributed by atoms with E-state index in [0.717, 1.165) is 45.9 Å². The molecule has 6 nitrogen and oxygen atoms in total. The predicted molar refractivity (Wildman–Crippen MR) is 108 cm³/mol. The number of para-hydroxylation sites is 1. The fourth-order valence-corrected chi connectivity index (χ4v) is 4.41. The molecule has 0 unspecified atom stereocenters. The molecule has 1 amide bonds. The molecule has 7 heteroatoms. The second-order valence-corrected chi connectivity index (χ2v) is 7.66. The zero-order chi connectivity index (χ0) is 19.1. The summed E-state index contributed by atoms with van der Waals surface area (Å²) >= 11 is 1.55. The molecular weight excluding hydrogens is 370 g/mol. The van der Waals surface area contributed by atoms with Crippen LogP contribution >= 0.6 is 11.3 Å². The van der Waals surface area contributed by atoms with Crippen molar-refractivity contribution in [1.82, 2.24) is 14.8 Å². The van der Waals surface area contributed by atoms with Crippen LogP contribution in [0.25, 0.3) is 15.3 Å². The largest absolute Gasteiger partial charge is 0.306 e. The summed E-state index contributed by atoms with van der Waals surface area (Å²) < 4.78 is 2.84. The number of hydrogen-bond donors (Lipinski definition) is 1. The third kappa shape index (κ3) is 2.75. The first-order valence-electron chi connectivity index (χ1n) is 9.01. The van der Waals surface area contributed by atoms with E-state index in [1.54, 1.807) is 40.3 Å². The van der Waals surface area contributed by atoms with Crippen molar-refractivity contribution in [2.24, 2.45) is 0 Å². The van der Waals surface area contributed by atoms with Crippen LogP contribution in [0.3, 0.4) is 0 Å². The highest BCUT2D eigenvalue weighted by Crippen LogP contribution is 2.33. The summed E-state index contributed by atoms with van der Waals surface area (Å²) in [7, 11) is 0. The maximum atomic E-state index is 12.8. The number of thiazole rings is 1. The number of fused-ring (bicyclic) bond motifs is 2. The van der Waals surface area contributed by atoms with E-state index in [1.165, 1.54) is 0 Å². The van der Waals surface area contributed by atoms with Gasteiger partial charge in [-0.2, -0.15) is 15.0 Å². The number of nitrogens with one attached hydrogen (secondary N) is 1. The molecule has 0 spiro atoms. The Hall–Kier alpha value is -3.50. The number of benzene rings is 2. The van der Waals surface area contributed by atoms with Gasteiger partial charge < -0.3 is 5.32 Å². The lowest BCUT2D eigenvalue weighted by Gasteiger charge is -2.09. The van der Waals surface area contributed by atoms with Gasteiger partial charge in [0.05, 0.1) is 27.5 Å². The maximum Gasteiger partial charge on any atom is 0.256 e. The molecule has 136 valence electrons. The molecule has 1 N–H and O–H groups in total. The Kier molecular flexibility index (Phi) is 3.92. The van der Waals surface area contributed by atoms with Gasteiger partial charge in [-0.1, -0.05) is 23.5 Å². The zero-order valence-electron chi connectivity index (χ0n) is 14.8. The van der Waals surface area contributed by atoms with Gasteiger partial charge >= 0.3 is 0 Å². The van der Waals surface area contributed by atoms with Gasteiger partial charge in [0.1, 0.15) is 5.82 Å². The van der Waals surface area contributed by atoms with Gasteiger partial charge in [-0.15, -0.1) is 0 Å². The number of nitrogens with zero attached hydrogens (tertiary/aromatic N) is 4. The molecule has 0 bridgehead atoms. The summed E-state index contributed by atoms with van der Waals surface area (Å²) in [5.41, 5.74) is 4.05. The second kappa shape index (κ2) is 6.59. The third-order valence-corrected chi connectivity index (χ3v) is 5.89. The number of anilines is 1. The van der Waals surface area contributed by atoms with E-state index in [9.17, 15) is 4.79 Å². The van der Waals surface area contributed by atoms with Gasteiger partial charge in [-0.25, -0.2) is 4.98 Å². The lowest BCUT2D eigenvalue weighted by molar-refractivity contribution is 0.102. The van der Waals surface area contributed by atoms with Gasteiger partial charge in [0.25, 0.3) is 5.91 Å². The molecule has 0 atom stereocenters. The number of carbonyl (C=O) groups is 1. The van der Waals surface area contributed by atoms with Crippen LogP contribution in [0.4, 0.5) is 5.82 Å². The summed E-state index contributed by atoms with van der Waals surface area (Å²) in [4.78, 5) is 17.5. The summed E-state index contributed by atoms with van der Waals surface area (Å²) in [6.45, 7) is 0. The fraction of sp³-hybridized carbons (Fsp3) is 0.143. The molecule has 5 rings (SSSR count). The second-order valence-electron chi connectivity index (χ2n) is 6.65. The topological polar surface area (TPSA) is 83.6 Å². The van der Waals surface area contributed by atoms with Gasteiger partial charge in [0.2, 0.25) is 5.13 Å². The van der Waals surface area contributed by atoms with E-state index in [-0.39, 0.29) is 5.91 Å². The minimum absolute atomic E-state index is 0.221. The minimum Gasteiger partial charge on any atom is -0.306 e. The molecule has 0 saturated carbocycles. The Morgan fingerprint density at radius 2 is 1.96 bits per heavy atom. The van der Waals surface area contributed by atoms with Crippen molar-refractivity contribution in [2.75, 3.05) is 5.32 Å². The van der Waals surface area contributed by atoms with E-state index in [0.29, 0.717) is 16.9 Å². The van der Waals surface area contributed by atoms with E-state index in [2.05, 4.69) is 11.4 Å². The Morgan fingerprint density at radius 1 is 1.14 bits per heavy atom. The Labute approximate surface area is 165 Å². The molecule has 0 saturated heterocycles. The Bertz CT molecular complexity index is 1210. The number of nitriles is 1. The quantitative estimate of drug-likeness (QED) is 0.576. The van der Waals surface area contributed by atoms with Crippen LogP contribution in [0.5, 0.6) is 0 Å². The molecule has 2 heterocycles. The van der Waals surface area contributed by atoms with E-state index in [4.69, 9.17) is 15.3 Å². The molecule has 0 fully saturated rings. The van der Waals surface area contributed by atoms with Gasteiger partial charge in [0.15, 0.2) is 0 Å². The average molecular weight is 385 g/mol. The smallest absolute Gasteiger partial charge is 0.256 e. The first kappa shape index (κ1) is 16.7. The Morgan fingerprint density at radius 3 is 2.75 bits per heavy atom. The third-order valence-electron chi connectivity index (χ3n) is 4.88. The summed E-state index contributed by atoms with van der Waals surface area (Å²) in [5, 5.41) is 17.4. The van der Waals surface area contributed by atoms with Crippen LogP contribution in [-0.2, 0) is 12.8 Å². The fourth-order valence-electron chi connectivity index (χ4n) is 3.49. The predicted octanol–water partition coefficient (Wildman–Crippen LogP) is 4.09. The maximum absolute atomic E-state index is 12.8. The molecule has 4 aromatic rings. The SMILES string of the molecule is N#Cc1ccc(C(=O)Nc2c3c(nn2-c2nc4ccccc4s2)CCC3)cc1. The molecule has 1 aliphatic rings. The monoisotopic (exact) mass is 385 g/mol. The van der Waals surface area contributed by atoms with Crippen LogP contribution in [-0.4, -0.2) is 20.7 Å². The lowest BCUT2D eigenvalue weighted by atomic mass is 10.1. The van der Waals surface area contributed by atoms with Crippen LogP contribution in [0.15, 0.2) is 48.5 Å². The first-order valence-corrected chi connectivity index (χ1v) is 9.83. The van der Waals surface area contributed by atoms with Crippen molar-refractivity contribution >= 4 is 33.3 Å². The number of carbonyl (C=O) groups excluding carboxylic acids is 1. The molecule has 28 heavy (non-hydrogen) atoms. The molecule has 1 aliphatic carbocycles. The summed E-state index contributed by atoms with van der Waals surface area (Å²) in [6.07, 6.45) is 2.84. The average Bonchev–Trinajstić information content (AvgIpc) is 3.43. The number of rotatable bonds is 3. The number of amides is 1. The zero-order valence-corrected chi connectivity index (χ0v) is 15.7. The molecule has 0 aliphatic heterocycles. The van der Waals surface area contributed by atoms with Gasteiger partial charge in [-0.05, 0) is 55.7 Å². The normalized spacial score (nSPS) is 12.7. The Balaban J connectivity index is 1.55.